The van der Waals surface area contributed by atoms with Gasteiger partial charge in [0.25, 0.3) is 0 Å². The van der Waals surface area contributed by atoms with Gasteiger partial charge in [0, 0.05) is 20.4 Å². The normalized spacial score (nSPS) is 5.45. The summed E-state index contributed by atoms with van der Waals surface area (Å²) in [6.45, 7) is 3.72. The molecule has 0 radical (unpaired) electrons. The van der Waals surface area contributed by atoms with Gasteiger partial charge >= 0.3 is 0 Å². The van der Waals surface area contributed by atoms with Crippen LogP contribution >= 0.6 is 0 Å². The average molecular weight is 248 g/mol. The van der Waals surface area contributed by atoms with Crippen molar-refractivity contribution in [2.75, 3.05) is 0 Å². The molecular weight excluding hydrogens is 234 g/mol. The zero-order chi connectivity index (χ0) is 5.11. The molecule has 70 valence electrons. The minimum absolute atomic E-state index is 0. The first-order chi connectivity index (χ1) is 3.39. The molecule has 0 aromatic heterocycles. The zero-order valence-corrected chi connectivity index (χ0v) is 8.37. The number of hydrogen-bond donors (Lipinski definition) is 0. The van der Waals surface area contributed by atoms with Gasteiger partial charge < -0.3 is 14.9 Å². The predicted octanol–water partition coefficient (Wildman–Crippen LogP) is 2.92. The summed E-state index contributed by atoms with van der Waals surface area (Å²) in [4.78, 5) is 0. The molecule has 0 atom stereocenters. The Kier molecular flexibility index (Phi) is 25.2. The Morgan fingerprint density at radius 1 is 0.909 bits per heavy atom. The Bertz CT molecular complexity index is 139. The van der Waals surface area contributed by atoms with Gasteiger partial charge in [-0.1, -0.05) is 6.07 Å². The monoisotopic (exact) mass is 247 g/mol. The summed E-state index contributed by atoms with van der Waals surface area (Å²) in [5.41, 5.74) is 1.07. The van der Waals surface area contributed by atoms with E-state index in [9.17, 15) is 0 Å². The standard InChI is InChI=1S/C7H7.2CH3.FH.Pd/c1-7-5-3-2-4-6-7;;;;/h2-6H,1H2;2*1H3;1H;/q3*-1;;. The van der Waals surface area contributed by atoms with Crippen LogP contribution in [0.5, 0.6) is 0 Å². The molecule has 0 saturated heterocycles. The zero-order valence-electron chi connectivity index (χ0n) is 6.82. The van der Waals surface area contributed by atoms with Crippen LogP contribution in [0.3, 0.4) is 0 Å². The molecule has 0 aliphatic heterocycles. The summed E-state index contributed by atoms with van der Waals surface area (Å²) < 4.78 is 0. The maximum absolute atomic E-state index is 3.72. The van der Waals surface area contributed by atoms with Gasteiger partial charge in [-0.05, 0) is 0 Å². The second kappa shape index (κ2) is 12.4. The molecule has 0 saturated carbocycles. The number of halogens is 1. The van der Waals surface area contributed by atoms with E-state index in [0.29, 0.717) is 0 Å². The predicted molar refractivity (Wildman–Crippen MR) is 46.2 cm³/mol. The van der Waals surface area contributed by atoms with E-state index in [0.717, 1.165) is 5.56 Å². The maximum atomic E-state index is 3.72. The Balaban J connectivity index is -0.0000000612. The van der Waals surface area contributed by atoms with Gasteiger partial charge in [-0.25, -0.2) is 0 Å². The van der Waals surface area contributed by atoms with Gasteiger partial charge in [0.05, 0.1) is 0 Å². The van der Waals surface area contributed by atoms with Gasteiger partial charge in [-0.3, -0.25) is 4.70 Å². The topological polar surface area (TPSA) is 0 Å². The van der Waals surface area contributed by atoms with Crippen molar-refractivity contribution in [2.24, 2.45) is 0 Å². The van der Waals surface area contributed by atoms with Crippen molar-refractivity contribution in [3.63, 3.8) is 0 Å². The molecule has 0 fully saturated rings. The van der Waals surface area contributed by atoms with Crippen LogP contribution in [0.1, 0.15) is 5.56 Å². The fraction of sp³-hybridized carbons (Fsp3) is 0. The fourth-order valence-corrected chi connectivity index (χ4v) is 0.478. The van der Waals surface area contributed by atoms with Crippen molar-refractivity contribution in [1.82, 2.24) is 0 Å². The van der Waals surface area contributed by atoms with Crippen LogP contribution in [0.15, 0.2) is 30.3 Å². The van der Waals surface area contributed by atoms with Crippen LogP contribution in [0.25, 0.3) is 0 Å². The van der Waals surface area contributed by atoms with Crippen LogP contribution in [-0.2, 0) is 20.4 Å². The molecule has 0 aliphatic carbocycles. The van der Waals surface area contributed by atoms with Crippen LogP contribution in [0.2, 0.25) is 0 Å². The second-order valence-corrected chi connectivity index (χ2v) is 1.49. The Labute approximate surface area is 83.0 Å². The molecule has 0 nitrogen and oxygen atoms in total. The van der Waals surface area contributed by atoms with E-state index in [1.165, 1.54) is 0 Å². The van der Waals surface area contributed by atoms with E-state index in [-0.39, 0.29) is 40.0 Å². The molecule has 2 heteroatoms. The SMILES string of the molecule is F.[CH2-]c1ccccc1.[CH3-].[CH3-].[Pd]. The van der Waals surface area contributed by atoms with E-state index < -0.39 is 0 Å². The van der Waals surface area contributed by atoms with Gasteiger partial charge in [0.15, 0.2) is 0 Å². The van der Waals surface area contributed by atoms with Crippen LogP contribution in [0.4, 0.5) is 4.70 Å². The molecule has 0 N–H and O–H groups in total. The van der Waals surface area contributed by atoms with E-state index >= 15 is 0 Å². The summed E-state index contributed by atoms with van der Waals surface area (Å²) in [6.07, 6.45) is 0. The minimum Gasteiger partial charge on any atom is -0.358 e. The first-order valence-corrected chi connectivity index (χ1v) is 2.26. The Morgan fingerprint density at radius 3 is 1.45 bits per heavy atom. The van der Waals surface area contributed by atoms with Crippen molar-refractivity contribution in [2.45, 2.75) is 0 Å². The molecule has 1 aromatic rings. The van der Waals surface area contributed by atoms with E-state index in [1.54, 1.807) is 0 Å². The first kappa shape index (κ1) is 22.4. The molecule has 11 heavy (non-hydrogen) atoms. The van der Waals surface area contributed by atoms with Crippen molar-refractivity contribution >= 4 is 0 Å². The van der Waals surface area contributed by atoms with Crippen molar-refractivity contribution < 1.29 is 25.1 Å². The molecule has 1 aromatic carbocycles. The molecular formula is C9H14FPd-3. The van der Waals surface area contributed by atoms with Gasteiger partial charge in [0.2, 0.25) is 0 Å². The quantitative estimate of drug-likeness (QED) is 0.488. The fourth-order valence-electron chi connectivity index (χ4n) is 0.478. The Morgan fingerprint density at radius 2 is 1.27 bits per heavy atom. The van der Waals surface area contributed by atoms with Gasteiger partial charge in [0.1, 0.15) is 0 Å². The molecule has 0 heterocycles. The third-order valence-corrected chi connectivity index (χ3v) is 0.843. The van der Waals surface area contributed by atoms with Crippen LogP contribution in [0, 0.1) is 21.8 Å². The van der Waals surface area contributed by atoms with Gasteiger partial charge in [-0.15, -0.1) is 12.1 Å². The largest absolute Gasteiger partial charge is 0.358 e. The van der Waals surface area contributed by atoms with Crippen molar-refractivity contribution in [3.8, 4) is 0 Å². The molecule has 0 spiro atoms. The minimum atomic E-state index is 0. The summed E-state index contributed by atoms with van der Waals surface area (Å²) in [6, 6.07) is 9.87. The van der Waals surface area contributed by atoms with E-state index in [2.05, 4.69) is 6.92 Å². The summed E-state index contributed by atoms with van der Waals surface area (Å²) in [5.74, 6) is 0. The molecule has 1 rings (SSSR count). The smallest absolute Gasteiger partial charge is 0 e. The number of rotatable bonds is 0. The van der Waals surface area contributed by atoms with Crippen molar-refractivity contribution in [3.05, 3.63) is 57.7 Å². The number of benzene rings is 1. The second-order valence-electron chi connectivity index (χ2n) is 1.49. The maximum Gasteiger partial charge on any atom is 0 e. The average Bonchev–Trinajstić information content (AvgIpc) is 1.69. The Hall–Kier alpha value is -0.318. The molecule has 0 bridgehead atoms. The molecule has 0 aliphatic rings. The van der Waals surface area contributed by atoms with E-state index in [1.807, 2.05) is 30.3 Å². The summed E-state index contributed by atoms with van der Waals surface area (Å²) in [5, 5.41) is 0. The third-order valence-electron chi connectivity index (χ3n) is 0.843. The summed E-state index contributed by atoms with van der Waals surface area (Å²) in [7, 11) is 0. The van der Waals surface area contributed by atoms with Crippen LogP contribution < -0.4 is 0 Å². The molecule has 0 unspecified atom stereocenters. The van der Waals surface area contributed by atoms with Crippen molar-refractivity contribution in [1.29, 1.82) is 0 Å². The van der Waals surface area contributed by atoms with E-state index in [4.69, 9.17) is 0 Å². The van der Waals surface area contributed by atoms with Gasteiger partial charge in [-0.2, -0.15) is 24.6 Å². The first-order valence-electron chi connectivity index (χ1n) is 2.26. The summed E-state index contributed by atoms with van der Waals surface area (Å²) >= 11 is 0. The molecule has 0 amide bonds. The van der Waals surface area contributed by atoms with Crippen LogP contribution in [-0.4, -0.2) is 0 Å². The third kappa shape index (κ3) is 9.68. The number of hydrogen-bond acceptors (Lipinski definition) is 0.